The second kappa shape index (κ2) is 5.30. The molecule has 1 atom stereocenters. The zero-order valence-corrected chi connectivity index (χ0v) is 10.5. The third-order valence-electron chi connectivity index (χ3n) is 2.47. The van der Waals surface area contributed by atoms with Gasteiger partial charge in [0, 0.05) is 18.5 Å². The van der Waals surface area contributed by atoms with Crippen molar-refractivity contribution in [2.75, 3.05) is 12.9 Å². The van der Waals surface area contributed by atoms with Gasteiger partial charge < -0.3 is 10.5 Å². The molecule has 2 heterocycles. The van der Waals surface area contributed by atoms with Gasteiger partial charge >= 0.3 is 0 Å². The lowest BCUT2D eigenvalue weighted by molar-refractivity contribution is 0.181. The van der Waals surface area contributed by atoms with Crippen molar-refractivity contribution in [1.29, 1.82) is 0 Å². The largest absolute Gasteiger partial charge is 0.378 e. The molecule has 1 aliphatic rings. The maximum Gasteiger partial charge on any atom is 0.106 e. The van der Waals surface area contributed by atoms with Crippen LogP contribution >= 0.6 is 23.1 Å². The van der Waals surface area contributed by atoms with E-state index in [0.717, 1.165) is 5.69 Å². The number of hydrogen-bond acceptors (Lipinski definition) is 5. The van der Waals surface area contributed by atoms with E-state index in [-0.39, 0.29) is 0 Å². The number of nitrogens with two attached hydrogens (primary N) is 1. The maximum absolute atomic E-state index is 5.70. The van der Waals surface area contributed by atoms with E-state index in [0.29, 0.717) is 18.4 Å². The number of rotatable bonds is 4. The summed E-state index contributed by atoms with van der Waals surface area (Å²) in [6.07, 6.45) is 2.57. The van der Waals surface area contributed by atoms with Gasteiger partial charge in [0.1, 0.15) is 5.01 Å². The van der Waals surface area contributed by atoms with E-state index >= 15 is 0 Å². The van der Waals surface area contributed by atoms with Crippen molar-refractivity contribution in [3.8, 4) is 0 Å². The van der Waals surface area contributed by atoms with Crippen LogP contribution in [0.2, 0.25) is 0 Å². The molecule has 0 saturated carbocycles. The minimum Gasteiger partial charge on any atom is -0.378 e. The van der Waals surface area contributed by atoms with Crippen LogP contribution in [0.25, 0.3) is 0 Å². The van der Waals surface area contributed by atoms with Gasteiger partial charge in [-0.3, -0.25) is 0 Å². The third kappa shape index (κ3) is 2.53. The van der Waals surface area contributed by atoms with E-state index in [9.17, 15) is 0 Å². The molecule has 2 rings (SSSR count). The molecule has 1 aromatic rings. The Morgan fingerprint density at radius 1 is 1.60 bits per heavy atom. The molecule has 84 valence electrons. The van der Waals surface area contributed by atoms with Crippen LogP contribution in [0.15, 0.2) is 0 Å². The van der Waals surface area contributed by atoms with Crippen molar-refractivity contribution in [3.05, 3.63) is 15.6 Å². The van der Waals surface area contributed by atoms with Crippen molar-refractivity contribution in [2.24, 2.45) is 5.73 Å². The molecule has 15 heavy (non-hydrogen) atoms. The Kier molecular flexibility index (Phi) is 4.02. The fourth-order valence-corrected chi connectivity index (χ4v) is 4.18. The molecule has 2 N–H and O–H groups in total. The van der Waals surface area contributed by atoms with Crippen molar-refractivity contribution in [1.82, 2.24) is 4.98 Å². The van der Waals surface area contributed by atoms with E-state index in [2.05, 4.69) is 4.98 Å². The molecule has 1 aromatic heterocycles. The van der Waals surface area contributed by atoms with Crippen molar-refractivity contribution >= 4 is 23.1 Å². The van der Waals surface area contributed by atoms with Crippen LogP contribution < -0.4 is 5.73 Å². The molecule has 1 saturated heterocycles. The van der Waals surface area contributed by atoms with Crippen LogP contribution in [0.1, 0.15) is 33.7 Å². The van der Waals surface area contributed by atoms with Gasteiger partial charge in [-0.1, -0.05) is 0 Å². The molecular weight excluding hydrogens is 228 g/mol. The predicted octanol–water partition coefficient (Wildman–Crippen LogP) is 2.32. The van der Waals surface area contributed by atoms with E-state index in [1.165, 1.54) is 28.5 Å². The average molecular weight is 244 g/mol. The lowest BCUT2D eigenvalue weighted by atomic mass is 10.2. The first kappa shape index (κ1) is 11.4. The Bertz CT molecular complexity index is 321. The smallest absolute Gasteiger partial charge is 0.106 e. The molecule has 5 heteroatoms. The first-order valence-corrected chi connectivity index (χ1v) is 7.00. The van der Waals surface area contributed by atoms with E-state index in [1.807, 2.05) is 11.8 Å². The highest BCUT2D eigenvalue weighted by Gasteiger charge is 2.22. The Morgan fingerprint density at radius 2 is 2.47 bits per heavy atom. The number of nitrogens with zero attached hydrogens (tertiary/aromatic N) is 1. The van der Waals surface area contributed by atoms with Gasteiger partial charge in [-0.25, -0.2) is 4.98 Å². The molecule has 0 spiro atoms. The third-order valence-corrected chi connectivity index (χ3v) is 5.23. The van der Waals surface area contributed by atoms with Gasteiger partial charge in [0.2, 0.25) is 0 Å². The topological polar surface area (TPSA) is 48.1 Å². The number of ether oxygens (including phenoxy) is 1. The number of thiazole rings is 1. The van der Waals surface area contributed by atoms with Gasteiger partial charge in [-0.2, -0.15) is 11.8 Å². The van der Waals surface area contributed by atoms with Crippen LogP contribution in [-0.4, -0.2) is 17.8 Å². The molecule has 0 aliphatic carbocycles. The summed E-state index contributed by atoms with van der Waals surface area (Å²) in [5, 5.41) is 1.84. The molecule has 3 nitrogen and oxygen atoms in total. The quantitative estimate of drug-likeness (QED) is 0.883. The lowest BCUT2D eigenvalue weighted by Gasteiger charge is -2.01. The fourth-order valence-electron chi connectivity index (χ4n) is 1.72. The summed E-state index contributed by atoms with van der Waals surface area (Å²) in [6.45, 7) is 1.16. The summed E-state index contributed by atoms with van der Waals surface area (Å²) in [5.41, 5.74) is 6.74. The first-order valence-electron chi connectivity index (χ1n) is 5.14. The van der Waals surface area contributed by atoms with Gasteiger partial charge in [0.15, 0.2) is 0 Å². The van der Waals surface area contributed by atoms with Gasteiger partial charge in [0.25, 0.3) is 0 Å². The zero-order chi connectivity index (χ0) is 10.7. The summed E-state index contributed by atoms with van der Waals surface area (Å²) in [7, 11) is 1.70. The normalized spacial score (nSPS) is 21.1. The molecular formula is C10H16N2OS2. The van der Waals surface area contributed by atoms with Gasteiger partial charge in [-0.05, 0) is 18.6 Å². The Hall–Kier alpha value is -0.100. The molecule has 0 bridgehead atoms. The van der Waals surface area contributed by atoms with Crippen LogP contribution in [0.3, 0.4) is 0 Å². The highest BCUT2D eigenvalue weighted by molar-refractivity contribution is 7.99. The Balaban J connectivity index is 2.17. The van der Waals surface area contributed by atoms with Gasteiger partial charge in [-0.15, -0.1) is 11.3 Å². The average Bonchev–Trinajstić information content (AvgIpc) is 2.84. The van der Waals surface area contributed by atoms with Crippen molar-refractivity contribution in [2.45, 2.75) is 31.2 Å². The monoisotopic (exact) mass is 244 g/mol. The predicted molar refractivity (Wildman–Crippen MR) is 65.2 cm³/mol. The molecule has 0 aromatic carbocycles. The van der Waals surface area contributed by atoms with E-state index < -0.39 is 0 Å². The molecule has 0 radical (unpaired) electrons. The van der Waals surface area contributed by atoms with E-state index in [4.69, 9.17) is 10.5 Å². The maximum atomic E-state index is 5.70. The highest BCUT2D eigenvalue weighted by Crippen LogP contribution is 2.42. The van der Waals surface area contributed by atoms with Crippen LogP contribution in [0.5, 0.6) is 0 Å². The van der Waals surface area contributed by atoms with Crippen LogP contribution in [0, 0.1) is 0 Å². The standard InChI is InChI=1S/C10H16N2OS2/c1-13-6-7-9(5-11)15-10(12-7)8-3-2-4-14-8/h8H,2-6,11H2,1H3. The van der Waals surface area contributed by atoms with Crippen molar-refractivity contribution < 1.29 is 4.74 Å². The lowest BCUT2D eigenvalue weighted by Crippen LogP contribution is -1.99. The summed E-state index contributed by atoms with van der Waals surface area (Å²) in [6, 6.07) is 0. The second-order valence-electron chi connectivity index (χ2n) is 3.56. The summed E-state index contributed by atoms with van der Waals surface area (Å²) < 4.78 is 5.13. The summed E-state index contributed by atoms with van der Waals surface area (Å²) >= 11 is 3.77. The van der Waals surface area contributed by atoms with Crippen LogP contribution in [-0.2, 0) is 17.9 Å². The first-order chi connectivity index (χ1) is 7.35. The van der Waals surface area contributed by atoms with Crippen molar-refractivity contribution in [3.63, 3.8) is 0 Å². The van der Waals surface area contributed by atoms with Crippen LogP contribution in [0.4, 0.5) is 0 Å². The second-order valence-corrected chi connectivity index (χ2v) is 5.99. The number of aromatic nitrogens is 1. The minimum atomic E-state index is 0.577. The highest BCUT2D eigenvalue weighted by atomic mass is 32.2. The minimum absolute atomic E-state index is 0.577. The Labute approximate surface area is 98.4 Å². The number of methoxy groups -OCH3 is 1. The molecule has 0 amide bonds. The fraction of sp³-hybridized carbons (Fsp3) is 0.700. The number of thioether (sulfide) groups is 1. The molecule has 1 aliphatic heterocycles. The number of hydrogen-bond donors (Lipinski definition) is 1. The van der Waals surface area contributed by atoms with Gasteiger partial charge in [0.05, 0.1) is 17.6 Å². The Morgan fingerprint density at radius 3 is 3.07 bits per heavy atom. The molecule has 1 unspecified atom stereocenters. The SMILES string of the molecule is COCc1nc(C2CCCS2)sc1CN. The summed E-state index contributed by atoms with van der Waals surface area (Å²) in [5.74, 6) is 1.27. The molecule has 1 fully saturated rings. The van der Waals surface area contributed by atoms with E-state index in [1.54, 1.807) is 18.4 Å². The zero-order valence-electron chi connectivity index (χ0n) is 8.86. The summed E-state index contributed by atoms with van der Waals surface area (Å²) in [4.78, 5) is 5.83.